The molecule has 0 aromatic carbocycles. The molecule has 0 unspecified atom stereocenters. The van der Waals surface area contributed by atoms with Gasteiger partial charge < -0.3 is 29.4 Å². The Balaban J connectivity index is 1.76. The van der Waals surface area contributed by atoms with Crippen LogP contribution in [0.25, 0.3) is 0 Å². The van der Waals surface area contributed by atoms with Crippen LogP contribution in [-0.2, 0) is 33.3 Å². The first-order valence-electron chi connectivity index (χ1n) is 14.3. The Morgan fingerprint density at radius 1 is 1.15 bits per heavy atom. The van der Waals surface area contributed by atoms with E-state index in [2.05, 4.69) is 25.7 Å². The van der Waals surface area contributed by atoms with E-state index >= 15 is 0 Å². The number of nitrogens with one attached hydrogen (secondary N) is 1. The minimum atomic E-state index is -1.40. The number of esters is 2. The predicted molar refractivity (Wildman–Crippen MR) is 144 cm³/mol. The first kappa shape index (κ1) is 30.5. The fourth-order valence-electron chi connectivity index (χ4n) is 8.72. The van der Waals surface area contributed by atoms with Crippen LogP contribution in [0.4, 0.5) is 4.79 Å². The molecule has 4 fully saturated rings. The summed E-state index contributed by atoms with van der Waals surface area (Å²) in [4.78, 5) is 51.7. The molecule has 0 heterocycles. The van der Waals surface area contributed by atoms with Crippen molar-refractivity contribution in [1.82, 2.24) is 5.32 Å². The number of hydrogen-bond donors (Lipinski definition) is 2. The lowest BCUT2D eigenvalue weighted by molar-refractivity contribution is -0.271. The molecule has 4 rings (SSSR count). The molecule has 2 N–H and O–H groups in total. The fourth-order valence-corrected chi connectivity index (χ4v) is 8.72. The van der Waals surface area contributed by atoms with E-state index in [0.29, 0.717) is 18.4 Å². The molecular weight excluding hydrogens is 518 g/mol. The van der Waals surface area contributed by atoms with Crippen LogP contribution >= 0.6 is 0 Å². The van der Waals surface area contributed by atoms with E-state index in [9.17, 15) is 24.3 Å². The number of hydrogen-bond acceptors (Lipinski definition) is 9. The van der Waals surface area contributed by atoms with Crippen molar-refractivity contribution in [3.63, 3.8) is 0 Å². The van der Waals surface area contributed by atoms with Gasteiger partial charge in [0.15, 0.2) is 5.78 Å². The second-order valence-corrected chi connectivity index (χ2v) is 13.8. The van der Waals surface area contributed by atoms with Crippen LogP contribution in [0.3, 0.4) is 0 Å². The Morgan fingerprint density at radius 3 is 2.42 bits per heavy atom. The normalized spacial score (nSPS) is 38.1. The lowest BCUT2D eigenvalue weighted by atomic mass is 9.39. The summed E-state index contributed by atoms with van der Waals surface area (Å²) in [5, 5.41) is 14.2. The maximum atomic E-state index is 14.3. The highest BCUT2D eigenvalue weighted by molar-refractivity contribution is 6.05. The van der Waals surface area contributed by atoms with Gasteiger partial charge in [0.05, 0.1) is 18.8 Å². The quantitative estimate of drug-likeness (QED) is 0.283. The van der Waals surface area contributed by atoms with Gasteiger partial charge >= 0.3 is 18.0 Å². The molecule has 2 bridgehead atoms. The van der Waals surface area contributed by atoms with Gasteiger partial charge in [0.2, 0.25) is 0 Å². The highest BCUT2D eigenvalue weighted by Crippen LogP contribution is 2.72. The maximum Gasteiger partial charge on any atom is 0.408 e. The van der Waals surface area contributed by atoms with Crippen molar-refractivity contribution < 1.29 is 43.2 Å². The zero-order valence-electron chi connectivity index (χ0n) is 24.8. The molecule has 0 aromatic heterocycles. The Labute approximate surface area is 236 Å². The van der Waals surface area contributed by atoms with E-state index in [-0.39, 0.29) is 30.1 Å². The van der Waals surface area contributed by atoms with Crippen molar-refractivity contribution in [2.24, 2.45) is 34.0 Å². The van der Waals surface area contributed by atoms with Gasteiger partial charge in [-0.2, -0.15) is 0 Å². The summed E-state index contributed by atoms with van der Waals surface area (Å²) in [7, 11) is 1.54. The van der Waals surface area contributed by atoms with Crippen LogP contribution in [0.1, 0.15) is 73.6 Å². The summed E-state index contributed by atoms with van der Waals surface area (Å²) in [6.07, 6.45) is -0.196. The Morgan fingerprint density at radius 2 is 1.82 bits per heavy atom. The average molecular weight is 564 g/mol. The number of fused-ring (bicyclic) bond motifs is 3. The van der Waals surface area contributed by atoms with E-state index in [1.807, 2.05) is 0 Å². The van der Waals surface area contributed by atoms with Crippen molar-refractivity contribution >= 4 is 23.8 Å². The number of ether oxygens (including phenoxy) is 4. The predicted octanol–water partition coefficient (Wildman–Crippen LogP) is 3.34. The number of ketones is 1. The van der Waals surface area contributed by atoms with Gasteiger partial charge in [-0.3, -0.25) is 14.4 Å². The third kappa shape index (κ3) is 4.85. The van der Waals surface area contributed by atoms with Crippen LogP contribution in [-0.4, -0.2) is 73.1 Å². The van der Waals surface area contributed by atoms with Crippen LogP contribution < -0.4 is 5.32 Å². The summed E-state index contributed by atoms with van der Waals surface area (Å²) < 4.78 is 23.0. The van der Waals surface area contributed by atoms with E-state index < -0.39 is 71.2 Å². The highest BCUT2D eigenvalue weighted by Gasteiger charge is 2.78. The van der Waals surface area contributed by atoms with Gasteiger partial charge in [0.25, 0.3) is 0 Å². The van der Waals surface area contributed by atoms with Crippen molar-refractivity contribution in [2.45, 2.75) is 97.6 Å². The number of methoxy groups -OCH3 is 1. The average Bonchev–Trinajstić information content (AvgIpc) is 2.96. The number of aliphatic hydroxyl groups is 1. The van der Waals surface area contributed by atoms with Gasteiger partial charge in [-0.1, -0.05) is 26.8 Å². The van der Waals surface area contributed by atoms with E-state index in [4.69, 9.17) is 18.9 Å². The van der Waals surface area contributed by atoms with Gasteiger partial charge in [-0.25, -0.2) is 4.79 Å². The first-order chi connectivity index (χ1) is 18.5. The number of carbonyl (C=O) groups is 4. The molecule has 0 aliphatic heterocycles. The van der Waals surface area contributed by atoms with Crippen molar-refractivity contribution in [1.29, 1.82) is 0 Å². The van der Waals surface area contributed by atoms with Crippen LogP contribution in [0.2, 0.25) is 0 Å². The van der Waals surface area contributed by atoms with Gasteiger partial charge in [0.1, 0.15) is 23.7 Å². The highest BCUT2D eigenvalue weighted by atomic mass is 16.6. The monoisotopic (exact) mass is 563 g/mol. The Hall–Kier alpha value is -2.46. The second-order valence-electron chi connectivity index (χ2n) is 13.8. The molecule has 1 spiro atoms. The molecular formula is C30H45NO9. The molecule has 224 valence electrons. The molecule has 40 heavy (non-hydrogen) atoms. The van der Waals surface area contributed by atoms with Crippen LogP contribution in [0.15, 0.2) is 12.2 Å². The summed E-state index contributed by atoms with van der Waals surface area (Å²) in [6, 6.07) is 0. The summed E-state index contributed by atoms with van der Waals surface area (Å²) in [5.74, 6) is -2.74. The molecule has 8 atom stereocenters. The Bertz CT molecular complexity index is 1080. The summed E-state index contributed by atoms with van der Waals surface area (Å²) >= 11 is 0. The van der Waals surface area contributed by atoms with Gasteiger partial charge in [0, 0.05) is 31.3 Å². The van der Waals surface area contributed by atoms with Gasteiger partial charge in [-0.05, 0) is 63.4 Å². The summed E-state index contributed by atoms with van der Waals surface area (Å²) in [5.41, 5.74) is -2.74. The topological polar surface area (TPSA) is 137 Å². The number of Topliss-reactive ketones (excluding diaryl/α,β-unsaturated/α-hetero) is 1. The molecule has 0 radical (unpaired) electrons. The van der Waals surface area contributed by atoms with Crippen LogP contribution in [0, 0.1) is 34.0 Å². The number of rotatable bonds is 6. The summed E-state index contributed by atoms with van der Waals surface area (Å²) in [6.45, 7) is 14.5. The van der Waals surface area contributed by atoms with Crippen LogP contribution in [0.5, 0.6) is 0 Å². The SMILES string of the molecule is C=C1C(=O)[C@]23[C@H](OC(=O)CNC(=O)OC(C)(C)C)[C@H]1C[C@H](O)[C@H]2[C@]1(COC(C)=O)CCCC(C)(C)[C@H]1C[C@H]3OC. The molecule has 0 aromatic rings. The standard InChI is InChI=1S/C30H45NO9/c1-16-18-12-19(33)23-29(15-38-17(2)32)11-9-10-28(6,7)20(29)13-21(37-8)30(23,24(16)35)25(18)39-22(34)14-31-26(36)40-27(3,4)5/h18-21,23,25,33H,1,9-15H2,2-8H3,(H,31,36)/t18-,19-,20+,21+,23-,25+,29-,30+/m0/s1. The fraction of sp³-hybridized carbons (Fsp3) is 0.800. The van der Waals surface area contributed by atoms with E-state index in [1.165, 1.54) is 6.92 Å². The van der Waals surface area contributed by atoms with Crippen molar-refractivity contribution in [2.75, 3.05) is 20.3 Å². The smallest absolute Gasteiger partial charge is 0.408 e. The number of alkyl carbamates (subject to hydrolysis) is 1. The molecule has 4 aliphatic rings. The maximum absolute atomic E-state index is 14.3. The molecule has 4 aliphatic carbocycles. The number of amides is 1. The zero-order chi connectivity index (χ0) is 29.8. The molecule has 10 heteroatoms. The second kappa shape index (κ2) is 10.4. The zero-order valence-corrected chi connectivity index (χ0v) is 24.8. The number of carbonyl (C=O) groups excluding carboxylic acids is 4. The van der Waals surface area contributed by atoms with Crippen molar-refractivity contribution in [3.05, 3.63) is 12.2 Å². The third-order valence-corrected chi connectivity index (χ3v) is 9.93. The molecule has 1 amide bonds. The lowest BCUT2D eigenvalue weighted by Crippen LogP contribution is -2.72. The van der Waals surface area contributed by atoms with E-state index in [0.717, 1.165) is 12.8 Å². The number of aliphatic hydroxyl groups excluding tert-OH is 1. The van der Waals surface area contributed by atoms with E-state index in [1.54, 1.807) is 27.9 Å². The minimum absolute atomic E-state index is 0.0215. The van der Waals surface area contributed by atoms with Gasteiger partial charge in [-0.15, -0.1) is 0 Å². The lowest BCUT2D eigenvalue weighted by Gasteiger charge is -2.67. The molecule has 4 saturated carbocycles. The molecule has 0 saturated heterocycles. The Kier molecular flexibility index (Phi) is 7.95. The molecule has 10 nitrogen and oxygen atoms in total. The van der Waals surface area contributed by atoms with Crippen molar-refractivity contribution in [3.8, 4) is 0 Å². The third-order valence-electron chi connectivity index (χ3n) is 9.93. The first-order valence-corrected chi connectivity index (χ1v) is 14.3. The minimum Gasteiger partial charge on any atom is -0.465 e. The largest absolute Gasteiger partial charge is 0.465 e.